The van der Waals surface area contributed by atoms with Crippen LogP contribution >= 0.6 is 0 Å². The molecule has 0 radical (unpaired) electrons. The summed E-state index contributed by atoms with van der Waals surface area (Å²) in [5.74, 6) is 0. The summed E-state index contributed by atoms with van der Waals surface area (Å²) in [7, 11) is 1.92. The summed E-state index contributed by atoms with van der Waals surface area (Å²) >= 11 is 0. The van der Waals surface area contributed by atoms with E-state index in [2.05, 4.69) is 16.5 Å². The van der Waals surface area contributed by atoms with Crippen molar-refractivity contribution < 1.29 is 0 Å². The average Bonchev–Trinajstić information content (AvgIpc) is 2.77. The van der Waals surface area contributed by atoms with E-state index in [0.717, 1.165) is 24.3 Å². The first-order valence-corrected chi connectivity index (χ1v) is 5.71. The van der Waals surface area contributed by atoms with E-state index < -0.39 is 0 Å². The largest absolute Gasteiger partial charge is 0.397 e. The van der Waals surface area contributed by atoms with Gasteiger partial charge < -0.3 is 11.1 Å². The minimum atomic E-state index is 0.604. The molecule has 0 unspecified atom stereocenters. The fourth-order valence-electron chi connectivity index (χ4n) is 1.75. The molecule has 0 bridgehead atoms. The Morgan fingerprint density at radius 2 is 2.28 bits per heavy atom. The molecule has 0 spiro atoms. The molecule has 18 heavy (non-hydrogen) atoms. The minimum Gasteiger partial charge on any atom is -0.397 e. The van der Waals surface area contributed by atoms with Crippen LogP contribution in [0.2, 0.25) is 0 Å². The van der Waals surface area contributed by atoms with E-state index in [1.165, 1.54) is 0 Å². The number of aryl methyl sites for hydroxylation is 1. The topological polar surface area (TPSA) is 79.7 Å². The molecule has 5 nitrogen and oxygen atoms in total. The molecular formula is C13H15N5. The zero-order chi connectivity index (χ0) is 13.0. The van der Waals surface area contributed by atoms with Gasteiger partial charge in [-0.05, 0) is 24.3 Å². The number of rotatable bonds is 4. The summed E-state index contributed by atoms with van der Waals surface area (Å²) in [5, 5.41) is 16.2. The molecule has 0 aliphatic rings. The van der Waals surface area contributed by atoms with Gasteiger partial charge in [0.15, 0.2) is 0 Å². The lowest BCUT2D eigenvalue weighted by atomic mass is 10.2. The van der Waals surface area contributed by atoms with Crippen LogP contribution in [-0.2, 0) is 13.5 Å². The molecule has 1 aromatic carbocycles. The number of anilines is 2. The molecule has 1 heterocycles. The Morgan fingerprint density at radius 3 is 2.94 bits per heavy atom. The Labute approximate surface area is 106 Å². The van der Waals surface area contributed by atoms with Crippen molar-refractivity contribution in [2.24, 2.45) is 7.05 Å². The van der Waals surface area contributed by atoms with Crippen molar-refractivity contribution in [3.8, 4) is 6.07 Å². The van der Waals surface area contributed by atoms with Gasteiger partial charge in [0.2, 0.25) is 0 Å². The number of nitrogens with zero attached hydrogens (tertiary/aromatic N) is 3. The van der Waals surface area contributed by atoms with Crippen LogP contribution < -0.4 is 11.1 Å². The van der Waals surface area contributed by atoms with Gasteiger partial charge in [-0.25, -0.2) is 0 Å². The number of hydrogen-bond donors (Lipinski definition) is 2. The second kappa shape index (κ2) is 5.23. The van der Waals surface area contributed by atoms with E-state index in [9.17, 15) is 0 Å². The van der Waals surface area contributed by atoms with E-state index in [0.29, 0.717) is 11.3 Å². The molecule has 0 saturated carbocycles. The number of benzene rings is 1. The molecule has 0 aliphatic carbocycles. The van der Waals surface area contributed by atoms with Gasteiger partial charge in [0, 0.05) is 31.9 Å². The summed E-state index contributed by atoms with van der Waals surface area (Å²) in [6, 6.07) is 9.29. The first kappa shape index (κ1) is 12.0. The monoisotopic (exact) mass is 241 g/mol. The summed E-state index contributed by atoms with van der Waals surface area (Å²) in [5.41, 5.74) is 9.05. The number of hydrogen-bond acceptors (Lipinski definition) is 4. The zero-order valence-corrected chi connectivity index (χ0v) is 10.2. The van der Waals surface area contributed by atoms with Gasteiger partial charge in [-0.3, -0.25) is 4.68 Å². The molecule has 0 atom stereocenters. The third kappa shape index (κ3) is 2.61. The second-order valence-electron chi connectivity index (χ2n) is 4.04. The average molecular weight is 241 g/mol. The lowest BCUT2D eigenvalue weighted by Crippen LogP contribution is -2.09. The third-order valence-corrected chi connectivity index (χ3v) is 2.80. The van der Waals surface area contributed by atoms with Crippen molar-refractivity contribution in [1.82, 2.24) is 9.78 Å². The van der Waals surface area contributed by atoms with Gasteiger partial charge in [0.25, 0.3) is 0 Å². The van der Waals surface area contributed by atoms with Crippen LogP contribution in [0, 0.1) is 11.3 Å². The SMILES string of the molecule is Cn1nccc1CCNc1cc(C#N)ccc1N. The van der Waals surface area contributed by atoms with Crippen molar-refractivity contribution in [3.63, 3.8) is 0 Å². The van der Waals surface area contributed by atoms with Gasteiger partial charge in [-0.1, -0.05) is 0 Å². The predicted molar refractivity (Wildman–Crippen MR) is 71.0 cm³/mol. The number of aromatic nitrogens is 2. The summed E-state index contributed by atoms with van der Waals surface area (Å²) in [4.78, 5) is 0. The Morgan fingerprint density at radius 1 is 1.44 bits per heavy atom. The van der Waals surface area contributed by atoms with Crippen LogP contribution in [0.4, 0.5) is 11.4 Å². The van der Waals surface area contributed by atoms with Gasteiger partial charge >= 0.3 is 0 Å². The second-order valence-corrected chi connectivity index (χ2v) is 4.04. The Hall–Kier alpha value is -2.48. The standard InChI is InChI=1S/C13H15N5/c1-18-11(5-7-17-18)4-6-16-13-8-10(9-14)2-3-12(13)15/h2-3,5,7-8,16H,4,6,15H2,1H3. The van der Waals surface area contributed by atoms with Crippen LogP contribution in [-0.4, -0.2) is 16.3 Å². The highest BCUT2D eigenvalue weighted by Crippen LogP contribution is 2.19. The van der Waals surface area contributed by atoms with Crippen molar-refractivity contribution in [1.29, 1.82) is 5.26 Å². The number of nitrogens with one attached hydrogen (secondary N) is 1. The molecule has 1 aromatic heterocycles. The van der Waals surface area contributed by atoms with E-state index in [1.54, 1.807) is 24.4 Å². The lowest BCUT2D eigenvalue weighted by Gasteiger charge is -2.09. The minimum absolute atomic E-state index is 0.604. The van der Waals surface area contributed by atoms with Crippen LogP contribution in [0.1, 0.15) is 11.3 Å². The first-order chi connectivity index (χ1) is 8.70. The Bertz CT molecular complexity index is 579. The van der Waals surface area contributed by atoms with Gasteiger partial charge in [0.05, 0.1) is 23.0 Å². The zero-order valence-electron chi connectivity index (χ0n) is 10.2. The normalized spacial score (nSPS) is 10.0. The molecule has 0 fully saturated rings. The quantitative estimate of drug-likeness (QED) is 0.795. The van der Waals surface area contributed by atoms with Crippen molar-refractivity contribution >= 4 is 11.4 Å². The van der Waals surface area contributed by atoms with Crippen LogP contribution in [0.3, 0.4) is 0 Å². The van der Waals surface area contributed by atoms with E-state index >= 15 is 0 Å². The summed E-state index contributed by atoms with van der Waals surface area (Å²) in [6.45, 7) is 0.749. The Balaban J connectivity index is 1.98. The predicted octanol–water partition coefficient (Wildman–Crippen LogP) is 1.53. The molecular weight excluding hydrogens is 226 g/mol. The maximum Gasteiger partial charge on any atom is 0.0992 e. The van der Waals surface area contributed by atoms with Crippen LogP contribution in [0.5, 0.6) is 0 Å². The number of nitrogen functional groups attached to an aromatic ring is 1. The van der Waals surface area contributed by atoms with Crippen molar-refractivity contribution in [2.45, 2.75) is 6.42 Å². The molecule has 0 saturated heterocycles. The molecule has 92 valence electrons. The molecule has 0 amide bonds. The summed E-state index contributed by atoms with van der Waals surface area (Å²) in [6.07, 6.45) is 2.63. The molecule has 5 heteroatoms. The smallest absolute Gasteiger partial charge is 0.0992 e. The highest BCUT2D eigenvalue weighted by molar-refractivity contribution is 5.68. The van der Waals surface area contributed by atoms with E-state index in [-0.39, 0.29) is 0 Å². The number of nitriles is 1. The summed E-state index contributed by atoms with van der Waals surface area (Å²) < 4.78 is 1.84. The van der Waals surface area contributed by atoms with Gasteiger partial charge in [-0.15, -0.1) is 0 Å². The van der Waals surface area contributed by atoms with Gasteiger partial charge in [0.1, 0.15) is 0 Å². The molecule has 2 rings (SSSR count). The van der Waals surface area contributed by atoms with Gasteiger partial charge in [-0.2, -0.15) is 10.4 Å². The number of nitrogens with two attached hydrogens (primary N) is 1. The first-order valence-electron chi connectivity index (χ1n) is 5.71. The fraction of sp³-hybridized carbons (Fsp3) is 0.231. The third-order valence-electron chi connectivity index (χ3n) is 2.80. The van der Waals surface area contributed by atoms with Crippen molar-refractivity contribution in [3.05, 3.63) is 41.7 Å². The lowest BCUT2D eigenvalue weighted by molar-refractivity contribution is 0.711. The molecule has 2 aromatic rings. The van der Waals surface area contributed by atoms with E-state index in [1.807, 2.05) is 17.8 Å². The maximum absolute atomic E-state index is 8.83. The molecule has 3 N–H and O–H groups in total. The Kier molecular flexibility index (Phi) is 3.49. The van der Waals surface area contributed by atoms with Crippen LogP contribution in [0.25, 0.3) is 0 Å². The van der Waals surface area contributed by atoms with Crippen molar-refractivity contribution in [2.75, 3.05) is 17.6 Å². The maximum atomic E-state index is 8.83. The van der Waals surface area contributed by atoms with E-state index in [4.69, 9.17) is 11.0 Å². The van der Waals surface area contributed by atoms with Crippen LogP contribution in [0.15, 0.2) is 30.5 Å². The fourth-order valence-corrected chi connectivity index (χ4v) is 1.75. The highest BCUT2D eigenvalue weighted by Gasteiger charge is 2.02. The molecule has 0 aliphatic heterocycles. The highest BCUT2D eigenvalue weighted by atomic mass is 15.3.